The van der Waals surface area contributed by atoms with Crippen molar-refractivity contribution in [1.29, 1.82) is 0 Å². The van der Waals surface area contributed by atoms with Crippen LogP contribution in [0.1, 0.15) is 26.2 Å². The second-order valence-electron chi connectivity index (χ2n) is 3.93. The highest BCUT2D eigenvalue weighted by Crippen LogP contribution is 2.09. The Morgan fingerprint density at radius 3 is 3.14 bits per heavy atom. The van der Waals surface area contributed by atoms with Gasteiger partial charge in [0, 0.05) is 12.6 Å². The van der Waals surface area contributed by atoms with Crippen LogP contribution in [0.2, 0.25) is 0 Å². The maximum atomic E-state index is 5.40. The molecule has 0 aromatic heterocycles. The minimum Gasteiger partial charge on any atom is -0.376 e. The minimum absolute atomic E-state index is 0.567. The van der Waals surface area contributed by atoms with E-state index in [1.165, 1.54) is 19.3 Å². The van der Waals surface area contributed by atoms with E-state index in [0.717, 1.165) is 18.7 Å². The maximum absolute atomic E-state index is 5.40. The Hall–Kier alpha value is -0.600. The standard InChI is InChI=1S/C12H21NO/c1-11(2)10-14-9-8-13-12-6-4-3-5-7-12/h4,6,12-13H,1,3,5,7-10H2,2H3. The molecule has 0 aliphatic heterocycles. The number of allylic oxidation sites excluding steroid dienone is 1. The van der Waals surface area contributed by atoms with Crippen molar-refractivity contribution in [3.05, 3.63) is 24.3 Å². The van der Waals surface area contributed by atoms with Gasteiger partial charge in [-0.1, -0.05) is 24.3 Å². The molecule has 1 atom stereocenters. The quantitative estimate of drug-likeness (QED) is 0.518. The Kier molecular flexibility index (Phi) is 5.57. The summed E-state index contributed by atoms with van der Waals surface area (Å²) in [5, 5.41) is 3.45. The fourth-order valence-electron chi connectivity index (χ4n) is 1.55. The second-order valence-corrected chi connectivity index (χ2v) is 3.93. The van der Waals surface area contributed by atoms with Gasteiger partial charge < -0.3 is 10.1 Å². The van der Waals surface area contributed by atoms with E-state index in [-0.39, 0.29) is 0 Å². The molecular formula is C12H21NO. The van der Waals surface area contributed by atoms with Crippen LogP contribution in [0.4, 0.5) is 0 Å². The average Bonchev–Trinajstić information content (AvgIpc) is 2.18. The van der Waals surface area contributed by atoms with Crippen LogP contribution in [0.5, 0.6) is 0 Å². The van der Waals surface area contributed by atoms with Crippen molar-refractivity contribution >= 4 is 0 Å². The molecule has 2 nitrogen and oxygen atoms in total. The van der Waals surface area contributed by atoms with E-state index in [4.69, 9.17) is 4.74 Å². The van der Waals surface area contributed by atoms with Gasteiger partial charge in [0.05, 0.1) is 13.2 Å². The van der Waals surface area contributed by atoms with Crippen LogP contribution in [-0.4, -0.2) is 25.8 Å². The third kappa shape index (κ3) is 5.20. The monoisotopic (exact) mass is 195 g/mol. The molecule has 80 valence electrons. The molecule has 2 heteroatoms. The van der Waals surface area contributed by atoms with E-state index >= 15 is 0 Å². The Morgan fingerprint density at radius 1 is 1.64 bits per heavy atom. The van der Waals surface area contributed by atoms with Crippen LogP contribution >= 0.6 is 0 Å². The predicted molar refractivity (Wildman–Crippen MR) is 60.4 cm³/mol. The minimum atomic E-state index is 0.567. The number of ether oxygens (including phenoxy) is 1. The Labute approximate surface area is 87.0 Å². The number of rotatable bonds is 6. The molecule has 0 saturated heterocycles. The van der Waals surface area contributed by atoms with E-state index < -0.39 is 0 Å². The molecule has 14 heavy (non-hydrogen) atoms. The molecule has 1 aliphatic rings. The zero-order valence-electron chi connectivity index (χ0n) is 9.09. The zero-order chi connectivity index (χ0) is 10.2. The molecule has 1 N–H and O–H groups in total. The fraction of sp³-hybridized carbons (Fsp3) is 0.667. The summed E-state index contributed by atoms with van der Waals surface area (Å²) in [5.74, 6) is 0. The van der Waals surface area contributed by atoms with E-state index in [0.29, 0.717) is 12.6 Å². The molecule has 0 aromatic carbocycles. The van der Waals surface area contributed by atoms with Crippen molar-refractivity contribution in [2.75, 3.05) is 19.8 Å². The first-order valence-electron chi connectivity index (χ1n) is 5.41. The van der Waals surface area contributed by atoms with Crippen LogP contribution in [0.3, 0.4) is 0 Å². The van der Waals surface area contributed by atoms with Crippen molar-refractivity contribution in [2.45, 2.75) is 32.2 Å². The lowest BCUT2D eigenvalue weighted by molar-refractivity contribution is 0.156. The molecule has 1 rings (SSSR count). The summed E-state index contributed by atoms with van der Waals surface area (Å²) in [6.07, 6.45) is 8.33. The van der Waals surface area contributed by atoms with Crippen LogP contribution in [0, 0.1) is 0 Å². The highest BCUT2D eigenvalue weighted by molar-refractivity contribution is 4.97. The Bertz CT molecular complexity index is 198. The number of nitrogens with one attached hydrogen (secondary N) is 1. The van der Waals surface area contributed by atoms with Gasteiger partial charge in [0.1, 0.15) is 0 Å². The first-order chi connectivity index (χ1) is 6.79. The maximum Gasteiger partial charge on any atom is 0.0672 e. The van der Waals surface area contributed by atoms with E-state index in [1.807, 2.05) is 6.92 Å². The lowest BCUT2D eigenvalue weighted by Crippen LogP contribution is -2.31. The van der Waals surface area contributed by atoms with Crippen molar-refractivity contribution in [3.8, 4) is 0 Å². The van der Waals surface area contributed by atoms with Gasteiger partial charge in [-0.2, -0.15) is 0 Å². The summed E-state index contributed by atoms with van der Waals surface area (Å²) in [5.41, 5.74) is 1.09. The zero-order valence-corrected chi connectivity index (χ0v) is 9.09. The molecule has 0 radical (unpaired) electrons. The third-order valence-electron chi connectivity index (χ3n) is 2.26. The van der Waals surface area contributed by atoms with Gasteiger partial charge in [0.15, 0.2) is 0 Å². The van der Waals surface area contributed by atoms with Gasteiger partial charge in [0.25, 0.3) is 0 Å². The van der Waals surface area contributed by atoms with Crippen molar-refractivity contribution in [3.63, 3.8) is 0 Å². The SMILES string of the molecule is C=C(C)COCCNC1C=CCCC1. The highest BCUT2D eigenvalue weighted by Gasteiger charge is 2.05. The van der Waals surface area contributed by atoms with Gasteiger partial charge in [-0.15, -0.1) is 0 Å². The molecule has 0 bridgehead atoms. The number of hydrogen-bond donors (Lipinski definition) is 1. The summed E-state index contributed by atoms with van der Waals surface area (Å²) >= 11 is 0. The summed E-state index contributed by atoms with van der Waals surface area (Å²) in [6.45, 7) is 8.16. The van der Waals surface area contributed by atoms with Crippen LogP contribution in [-0.2, 0) is 4.74 Å². The van der Waals surface area contributed by atoms with E-state index in [2.05, 4.69) is 24.0 Å². The van der Waals surface area contributed by atoms with Crippen molar-refractivity contribution < 1.29 is 4.74 Å². The van der Waals surface area contributed by atoms with Gasteiger partial charge >= 0.3 is 0 Å². The summed E-state index contributed by atoms with van der Waals surface area (Å²) < 4.78 is 5.40. The molecule has 0 heterocycles. The fourth-order valence-corrected chi connectivity index (χ4v) is 1.55. The third-order valence-corrected chi connectivity index (χ3v) is 2.26. The number of hydrogen-bond acceptors (Lipinski definition) is 2. The molecular weight excluding hydrogens is 174 g/mol. The largest absolute Gasteiger partial charge is 0.376 e. The summed E-state index contributed by atoms with van der Waals surface area (Å²) in [7, 11) is 0. The molecule has 0 fully saturated rings. The summed E-state index contributed by atoms with van der Waals surface area (Å²) in [4.78, 5) is 0. The molecule has 0 aromatic rings. The highest BCUT2D eigenvalue weighted by atomic mass is 16.5. The Morgan fingerprint density at radius 2 is 2.50 bits per heavy atom. The van der Waals surface area contributed by atoms with E-state index in [1.54, 1.807) is 0 Å². The topological polar surface area (TPSA) is 21.3 Å². The van der Waals surface area contributed by atoms with Gasteiger partial charge in [-0.05, 0) is 26.2 Å². The van der Waals surface area contributed by atoms with Gasteiger partial charge in [-0.25, -0.2) is 0 Å². The first-order valence-corrected chi connectivity index (χ1v) is 5.41. The average molecular weight is 195 g/mol. The van der Waals surface area contributed by atoms with Crippen LogP contribution in [0.25, 0.3) is 0 Å². The molecule has 0 amide bonds. The smallest absolute Gasteiger partial charge is 0.0672 e. The van der Waals surface area contributed by atoms with Gasteiger partial charge in [-0.3, -0.25) is 0 Å². The Balaban J connectivity index is 1.95. The lowest BCUT2D eigenvalue weighted by Gasteiger charge is -2.17. The summed E-state index contributed by atoms with van der Waals surface area (Å²) in [6, 6.07) is 0.567. The molecule has 0 spiro atoms. The molecule has 1 aliphatic carbocycles. The van der Waals surface area contributed by atoms with Crippen LogP contribution < -0.4 is 5.32 Å². The normalized spacial score (nSPS) is 21.1. The van der Waals surface area contributed by atoms with Crippen LogP contribution in [0.15, 0.2) is 24.3 Å². The molecule has 0 saturated carbocycles. The predicted octanol–water partition coefficient (Wildman–Crippen LogP) is 2.28. The first kappa shape index (κ1) is 11.5. The van der Waals surface area contributed by atoms with Crippen molar-refractivity contribution in [1.82, 2.24) is 5.32 Å². The van der Waals surface area contributed by atoms with Gasteiger partial charge in [0.2, 0.25) is 0 Å². The second kappa shape index (κ2) is 6.80. The van der Waals surface area contributed by atoms with E-state index in [9.17, 15) is 0 Å². The molecule has 1 unspecified atom stereocenters. The van der Waals surface area contributed by atoms with Crippen molar-refractivity contribution in [2.24, 2.45) is 0 Å². The lowest BCUT2D eigenvalue weighted by atomic mass is 10.0.